The summed E-state index contributed by atoms with van der Waals surface area (Å²) in [5, 5.41) is 19.2. The van der Waals surface area contributed by atoms with Crippen LogP contribution in [0.3, 0.4) is 0 Å². The molecule has 0 fully saturated rings. The summed E-state index contributed by atoms with van der Waals surface area (Å²) >= 11 is 1.67. The molecule has 3 heterocycles. The maximum atomic E-state index is 11.7. The first-order valence-corrected chi connectivity index (χ1v) is 12.3. The number of hydrogen-bond donors (Lipinski definition) is 1. The first kappa shape index (κ1) is 23.0. The van der Waals surface area contributed by atoms with Crippen LogP contribution >= 0.6 is 11.3 Å². The average Bonchev–Trinajstić information content (AvgIpc) is 3.31. The molecule has 178 valence electrons. The number of carboxylic acids is 1. The van der Waals surface area contributed by atoms with Crippen LogP contribution in [0.5, 0.6) is 0 Å². The molecule has 0 bridgehead atoms. The fourth-order valence-electron chi connectivity index (χ4n) is 4.46. The van der Waals surface area contributed by atoms with Crippen molar-refractivity contribution >= 4 is 28.7 Å². The number of rotatable bonds is 5. The molecule has 0 spiro atoms. The number of anilines is 1. The summed E-state index contributed by atoms with van der Waals surface area (Å²) in [6.07, 6.45) is -0.148. The van der Waals surface area contributed by atoms with Crippen molar-refractivity contribution in [2.24, 2.45) is 4.99 Å². The Hall–Kier alpha value is -3.78. The lowest BCUT2D eigenvalue weighted by Gasteiger charge is -2.13. The van der Waals surface area contributed by atoms with Crippen molar-refractivity contribution in [3.8, 4) is 16.1 Å². The van der Waals surface area contributed by atoms with Gasteiger partial charge >= 0.3 is 5.97 Å². The molecule has 7 nitrogen and oxygen atoms in total. The summed E-state index contributed by atoms with van der Waals surface area (Å²) in [4.78, 5) is 20.0. The zero-order valence-corrected chi connectivity index (χ0v) is 21.2. The van der Waals surface area contributed by atoms with Gasteiger partial charge in [0.25, 0.3) is 0 Å². The van der Waals surface area contributed by atoms with Gasteiger partial charge in [-0.3, -0.25) is 14.4 Å². The van der Waals surface area contributed by atoms with Crippen molar-refractivity contribution in [2.45, 2.75) is 33.2 Å². The third-order valence-electron chi connectivity index (χ3n) is 6.48. The van der Waals surface area contributed by atoms with E-state index in [4.69, 9.17) is 4.99 Å². The highest BCUT2D eigenvalue weighted by Gasteiger charge is 2.32. The van der Waals surface area contributed by atoms with Crippen LogP contribution in [0.4, 0.5) is 5.69 Å². The monoisotopic (exact) mass is 485 g/mol. The summed E-state index contributed by atoms with van der Waals surface area (Å²) in [6, 6.07) is 16.2. The Labute approximate surface area is 208 Å². The Morgan fingerprint density at radius 2 is 1.57 bits per heavy atom. The van der Waals surface area contributed by atoms with Gasteiger partial charge in [-0.05, 0) is 49.6 Å². The molecule has 0 amide bonds. The Balaban J connectivity index is 1.62. The third kappa shape index (κ3) is 4.04. The number of benzene rings is 2. The molecule has 5 rings (SSSR count). The largest absolute Gasteiger partial charge is 0.481 e. The topological polar surface area (TPSA) is 83.6 Å². The highest BCUT2D eigenvalue weighted by Crippen LogP contribution is 2.39. The van der Waals surface area contributed by atoms with E-state index in [1.165, 1.54) is 4.88 Å². The van der Waals surface area contributed by atoms with E-state index in [-0.39, 0.29) is 6.42 Å². The van der Waals surface area contributed by atoms with Gasteiger partial charge in [0.05, 0.1) is 12.1 Å². The van der Waals surface area contributed by atoms with E-state index in [1.807, 2.05) is 25.6 Å². The molecule has 0 aliphatic carbocycles. The van der Waals surface area contributed by atoms with E-state index in [1.54, 1.807) is 11.3 Å². The lowest BCUT2D eigenvalue weighted by Crippen LogP contribution is -2.10. The average molecular weight is 486 g/mol. The molecule has 0 radical (unpaired) electrons. The van der Waals surface area contributed by atoms with Gasteiger partial charge in [0.1, 0.15) is 16.9 Å². The number of carboxylic acid groups (broad SMARTS) is 1. The second-order valence-corrected chi connectivity index (χ2v) is 10.2. The third-order valence-corrected chi connectivity index (χ3v) is 7.68. The Morgan fingerprint density at radius 1 is 0.971 bits per heavy atom. The van der Waals surface area contributed by atoms with Crippen molar-refractivity contribution < 1.29 is 9.90 Å². The molecule has 2 aromatic carbocycles. The molecule has 2 aromatic heterocycles. The summed E-state index contributed by atoms with van der Waals surface area (Å²) in [5.41, 5.74) is 7.32. The maximum absolute atomic E-state index is 11.7. The second-order valence-electron chi connectivity index (χ2n) is 9.01. The molecular weight excluding hydrogens is 458 g/mol. The highest BCUT2D eigenvalue weighted by atomic mass is 32.1. The molecule has 0 saturated carbocycles. The van der Waals surface area contributed by atoms with Gasteiger partial charge in [-0.25, -0.2) is 0 Å². The Morgan fingerprint density at radius 3 is 2.17 bits per heavy atom. The number of aliphatic imine (C=N–C) groups is 1. The minimum Gasteiger partial charge on any atom is -0.481 e. The molecule has 0 saturated heterocycles. The molecule has 0 unspecified atom stereocenters. The summed E-state index contributed by atoms with van der Waals surface area (Å²) < 4.78 is 1.98. The van der Waals surface area contributed by atoms with Gasteiger partial charge in [-0.1, -0.05) is 36.4 Å². The molecule has 35 heavy (non-hydrogen) atoms. The SMILES string of the molecule is Cc1sc2c(c1C)C(c1ccc(-c3ccc(N(C)C)cc3)cc1)=N[C@@H](CC(=O)O)c1nnc(C)n1-2. The van der Waals surface area contributed by atoms with Gasteiger partial charge in [0, 0.05) is 35.8 Å². The lowest BCUT2D eigenvalue weighted by molar-refractivity contribution is -0.137. The van der Waals surface area contributed by atoms with Crippen molar-refractivity contribution in [1.29, 1.82) is 0 Å². The van der Waals surface area contributed by atoms with Crippen LogP contribution < -0.4 is 4.90 Å². The first-order chi connectivity index (χ1) is 16.7. The molecule has 1 aliphatic rings. The first-order valence-electron chi connectivity index (χ1n) is 11.4. The second kappa shape index (κ2) is 8.78. The number of carbonyl (C=O) groups is 1. The van der Waals surface area contributed by atoms with Crippen molar-refractivity contribution in [3.05, 3.63) is 81.7 Å². The molecule has 1 N–H and O–H groups in total. The highest BCUT2D eigenvalue weighted by molar-refractivity contribution is 7.15. The van der Waals surface area contributed by atoms with Crippen LogP contribution in [-0.2, 0) is 4.79 Å². The van der Waals surface area contributed by atoms with E-state index in [0.717, 1.165) is 50.0 Å². The van der Waals surface area contributed by atoms with Crippen LogP contribution in [0.15, 0.2) is 53.5 Å². The van der Waals surface area contributed by atoms with Crippen molar-refractivity contribution in [1.82, 2.24) is 14.8 Å². The predicted molar refractivity (Wildman–Crippen MR) is 140 cm³/mol. The van der Waals surface area contributed by atoms with Crippen molar-refractivity contribution in [2.75, 3.05) is 19.0 Å². The molecule has 1 atom stereocenters. The predicted octanol–water partition coefficient (Wildman–Crippen LogP) is 5.35. The fourth-order valence-corrected chi connectivity index (χ4v) is 5.68. The van der Waals surface area contributed by atoms with Crippen LogP contribution in [-0.4, -0.2) is 45.6 Å². The number of aliphatic carboxylic acids is 1. The summed E-state index contributed by atoms with van der Waals surface area (Å²) in [7, 11) is 4.06. The molecule has 1 aliphatic heterocycles. The smallest absolute Gasteiger partial charge is 0.306 e. The number of aromatic nitrogens is 3. The van der Waals surface area contributed by atoms with E-state index in [9.17, 15) is 9.90 Å². The number of thiophene rings is 1. The van der Waals surface area contributed by atoms with Gasteiger partial charge in [-0.15, -0.1) is 21.5 Å². The van der Waals surface area contributed by atoms with Crippen LogP contribution in [0.2, 0.25) is 0 Å². The Kier molecular flexibility index (Phi) is 5.76. The lowest BCUT2D eigenvalue weighted by atomic mass is 9.97. The minimum atomic E-state index is -0.917. The number of aryl methyl sites for hydroxylation is 2. The van der Waals surface area contributed by atoms with Crippen molar-refractivity contribution in [3.63, 3.8) is 0 Å². The minimum absolute atomic E-state index is 0.148. The van der Waals surface area contributed by atoms with E-state index < -0.39 is 12.0 Å². The molecule has 4 aromatic rings. The van der Waals surface area contributed by atoms with E-state index >= 15 is 0 Å². The maximum Gasteiger partial charge on any atom is 0.306 e. The van der Waals surface area contributed by atoms with Gasteiger partial charge in [-0.2, -0.15) is 0 Å². The number of hydrogen-bond acceptors (Lipinski definition) is 6. The van der Waals surface area contributed by atoms with Gasteiger partial charge < -0.3 is 10.0 Å². The fraction of sp³-hybridized carbons (Fsp3) is 0.259. The van der Waals surface area contributed by atoms with Crippen LogP contribution in [0.25, 0.3) is 16.1 Å². The van der Waals surface area contributed by atoms with Crippen LogP contribution in [0.1, 0.15) is 45.7 Å². The van der Waals surface area contributed by atoms with E-state index in [2.05, 4.69) is 77.5 Å². The Bertz CT molecular complexity index is 1450. The zero-order valence-electron chi connectivity index (χ0n) is 20.4. The quantitative estimate of drug-likeness (QED) is 0.412. The van der Waals surface area contributed by atoms with Gasteiger partial charge in [0.2, 0.25) is 0 Å². The van der Waals surface area contributed by atoms with Crippen LogP contribution in [0, 0.1) is 20.8 Å². The summed E-state index contributed by atoms with van der Waals surface area (Å²) in [6.45, 7) is 6.09. The standard InChI is InChI=1S/C27H27N5O2S/c1-15-16(2)35-27-24(15)25(28-22(14-23(33)34)26-30-29-17(3)32(26)27)20-8-6-18(7-9-20)19-10-12-21(13-11-19)31(4)5/h6-13,22H,14H2,1-5H3,(H,33,34)/t22-/m0/s1. The summed E-state index contributed by atoms with van der Waals surface area (Å²) in [5.74, 6) is 0.380. The number of nitrogens with zero attached hydrogens (tertiary/aromatic N) is 5. The molecular formula is C27H27N5O2S. The zero-order chi connectivity index (χ0) is 24.9. The number of fused-ring (bicyclic) bond motifs is 3. The molecule has 8 heteroatoms. The van der Waals surface area contributed by atoms with Gasteiger partial charge in [0.15, 0.2) is 5.82 Å². The normalized spacial score (nSPS) is 14.7. The van der Waals surface area contributed by atoms with E-state index in [0.29, 0.717) is 5.82 Å².